The molecule has 162 valence electrons. The topological polar surface area (TPSA) is 79.5 Å². The van der Waals surface area contributed by atoms with E-state index >= 15 is 0 Å². The number of nitrogens with one attached hydrogen (secondary N) is 2. The zero-order chi connectivity index (χ0) is 21.6. The fourth-order valence-electron chi connectivity index (χ4n) is 4.00. The van der Waals surface area contributed by atoms with Gasteiger partial charge in [-0.3, -0.25) is 9.89 Å². The van der Waals surface area contributed by atoms with E-state index in [1.807, 2.05) is 48.5 Å². The lowest BCUT2D eigenvalue weighted by Gasteiger charge is -2.33. The zero-order valence-corrected chi connectivity index (χ0v) is 17.9. The average Bonchev–Trinajstić information content (AvgIpc) is 3.30. The van der Waals surface area contributed by atoms with Crippen molar-refractivity contribution >= 4 is 11.7 Å². The minimum atomic E-state index is 0.0114. The molecule has 2 N–H and O–H groups in total. The van der Waals surface area contributed by atoms with Gasteiger partial charge in [-0.15, -0.1) is 0 Å². The van der Waals surface area contributed by atoms with Crippen molar-refractivity contribution in [1.82, 2.24) is 15.5 Å². The van der Waals surface area contributed by atoms with Crippen LogP contribution in [0.15, 0.2) is 54.6 Å². The number of methoxy groups -OCH3 is 2. The van der Waals surface area contributed by atoms with E-state index < -0.39 is 0 Å². The number of hydrogen-bond donors (Lipinski definition) is 2. The molecule has 7 heteroatoms. The summed E-state index contributed by atoms with van der Waals surface area (Å²) in [5, 5.41) is 10.8. The van der Waals surface area contributed by atoms with Gasteiger partial charge in [0.15, 0.2) is 5.82 Å². The predicted octanol–water partition coefficient (Wildman–Crippen LogP) is 3.42. The molecular formula is C24H28N4O3. The van der Waals surface area contributed by atoms with E-state index in [9.17, 15) is 4.79 Å². The molecule has 7 nitrogen and oxygen atoms in total. The lowest BCUT2D eigenvalue weighted by atomic mass is 10.0. The Hall–Kier alpha value is -3.48. The van der Waals surface area contributed by atoms with Gasteiger partial charge < -0.3 is 19.7 Å². The Kier molecular flexibility index (Phi) is 6.40. The van der Waals surface area contributed by atoms with Crippen LogP contribution in [0.4, 0.5) is 5.82 Å². The number of hydrogen-bond acceptors (Lipinski definition) is 5. The maximum Gasteiger partial charge on any atom is 0.224 e. The Labute approximate surface area is 182 Å². The molecule has 0 bridgehead atoms. The molecule has 1 aromatic heterocycles. The van der Waals surface area contributed by atoms with E-state index in [0.29, 0.717) is 6.42 Å². The number of amides is 1. The summed E-state index contributed by atoms with van der Waals surface area (Å²) >= 11 is 0. The van der Waals surface area contributed by atoms with E-state index in [2.05, 4.69) is 26.5 Å². The van der Waals surface area contributed by atoms with Crippen LogP contribution in [0.25, 0.3) is 11.3 Å². The number of rotatable bonds is 7. The number of carbonyl (C=O) groups is 1. The summed E-state index contributed by atoms with van der Waals surface area (Å²) in [5.74, 6) is 2.48. The first-order valence-electron chi connectivity index (χ1n) is 10.5. The summed E-state index contributed by atoms with van der Waals surface area (Å²) in [4.78, 5) is 14.8. The van der Waals surface area contributed by atoms with Crippen LogP contribution in [0.2, 0.25) is 0 Å². The van der Waals surface area contributed by atoms with Crippen LogP contribution in [-0.4, -0.2) is 49.5 Å². The van der Waals surface area contributed by atoms with Gasteiger partial charge in [-0.05, 0) is 48.7 Å². The summed E-state index contributed by atoms with van der Waals surface area (Å²) in [6.45, 7) is 1.66. The Morgan fingerprint density at radius 3 is 2.74 bits per heavy atom. The minimum absolute atomic E-state index is 0.0114. The van der Waals surface area contributed by atoms with Crippen LogP contribution in [0.1, 0.15) is 18.4 Å². The van der Waals surface area contributed by atoms with E-state index in [1.165, 1.54) is 0 Å². The Morgan fingerprint density at radius 1 is 1.16 bits per heavy atom. The van der Waals surface area contributed by atoms with Gasteiger partial charge in [0.1, 0.15) is 11.5 Å². The summed E-state index contributed by atoms with van der Waals surface area (Å²) in [6.07, 6.45) is 2.28. The fraction of sp³-hybridized carbons (Fsp3) is 0.333. The summed E-state index contributed by atoms with van der Waals surface area (Å²) in [5.41, 5.74) is 2.91. The molecule has 0 spiro atoms. The molecule has 1 amide bonds. The van der Waals surface area contributed by atoms with Gasteiger partial charge in [-0.25, -0.2) is 0 Å². The predicted molar refractivity (Wildman–Crippen MR) is 121 cm³/mol. The third kappa shape index (κ3) is 4.99. The van der Waals surface area contributed by atoms with Gasteiger partial charge in [-0.2, -0.15) is 5.10 Å². The number of benzene rings is 2. The van der Waals surface area contributed by atoms with Crippen molar-refractivity contribution in [2.45, 2.75) is 25.3 Å². The molecule has 1 aliphatic heterocycles. The smallest absolute Gasteiger partial charge is 0.224 e. The lowest BCUT2D eigenvalue weighted by molar-refractivity contribution is -0.121. The number of aromatic amines is 1. The molecule has 0 aliphatic carbocycles. The van der Waals surface area contributed by atoms with E-state index in [4.69, 9.17) is 9.47 Å². The zero-order valence-electron chi connectivity index (χ0n) is 17.9. The average molecular weight is 421 g/mol. The number of para-hydroxylation sites is 1. The standard InChI is InChI=1S/C24H28N4O3/c1-30-20-11-9-17(10-12-20)21-15-23(27-26-21)28-13-5-7-19(16-28)25-24(29)14-18-6-3-4-8-22(18)31-2/h3-4,6,8-12,15,19H,5,7,13-14,16H2,1-2H3,(H,25,29)(H,26,27). The van der Waals surface area contributed by atoms with Gasteiger partial charge in [0.2, 0.25) is 5.91 Å². The van der Waals surface area contributed by atoms with Crippen molar-refractivity contribution in [1.29, 1.82) is 0 Å². The molecule has 1 unspecified atom stereocenters. The van der Waals surface area contributed by atoms with E-state index in [-0.39, 0.29) is 11.9 Å². The number of aromatic nitrogens is 2. The molecule has 4 rings (SSSR count). The van der Waals surface area contributed by atoms with Crippen LogP contribution >= 0.6 is 0 Å². The molecular weight excluding hydrogens is 392 g/mol. The van der Waals surface area contributed by atoms with Crippen molar-refractivity contribution in [2.24, 2.45) is 0 Å². The normalized spacial score (nSPS) is 16.1. The SMILES string of the molecule is COc1ccc(-c2cc(N3CCCC(NC(=O)Cc4ccccc4OC)C3)n[nH]2)cc1. The third-order valence-corrected chi connectivity index (χ3v) is 5.62. The molecule has 3 aromatic rings. The number of anilines is 1. The lowest BCUT2D eigenvalue weighted by Crippen LogP contribution is -2.48. The molecule has 1 fully saturated rings. The number of piperidine rings is 1. The van der Waals surface area contributed by atoms with Gasteiger partial charge in [-0.1, -0.05) is 18.2 Å². The number of H-pyrrole nitrogens is 1. The van der Waals surface area contributed by atoms with Crippen molar-refractivity contribution < 1.29 is 14.3 Å². The molecule has 1 aliphatic rings. The second-order valence-corrected chi connectivity index (χ2v) is 7.71. The summed E-state index contributed by atoms with van der Waals surface area (Å²) < 4.78 is 10.6. The summed E-state index contributed by atoms with van der Waals surface area (Å²) in [7, 11) is 3.28. The number of carbonyl (C=O) groups excluding carboxylic acids is 1. The quantitative estimate of drug-likeness (QED) is 0.612. The fourth-order valence-corrected chi connectivity index (χ4v) is 4.00. The third-order valence-electron chi connectivity index (χ3n) is 5.62. The molecule has 0 radical (unpaired) electrons. The highest BCUT2D eigenvalue weighted by Crippen LogP contribution is 2.26. The van der Waals surface area contributed by atoms with Crippen LogP contribution in [0, 0.1) is 0 Å². The van der Waals surface area contributed by atoms with Crippen LogP contribution in [-0.2, 0) is 11.2 Å². The van der Waals surface area contributed by atoms with Gasteiger partial charge in [0.25, 0.3) is 0 Å². The van der Waals surface area contributed by atoms with Crippen molar-refractivity contribution in [2.75, 3.05) is 32.2 Å². The van der Waals surface area contributed by atoms with Crippen molar-refractivity contribution in [3.05, 3.63) is 60.2 Å². The molecule has 0 saturated carbocycles. The Bertz CT molecular complexity index is 1020. The van der Waals surface area contributed by atoms with Crippen LogP contribution < -0.4 is 19.7 Å². The second kappa shape index (κ2) is 9.55. The van der Waals surface area contributed by atoms with Gasteiger partial charge >= 0.3 is 0 Å². The summed E-state index contributed by atoms with van der Waals surface area (Å²) in [6, 6.07) is 17.7. The minimum Gasteiger partial charge on any atom is -0.497 e. The van der Waals surface area contributed by atoms with Crippen LogP contribution in [0.3, 0.4) is 0 Å². The highest BCUT2D eigenvalue weighted by atomic mass is 16.5. The first-order valence-corrected chi connectivity index (χ1v) is 10.5. The highest BCUT2D eigenvalue weighted by Gasteiger charge is 2.23. The molecule has 2 aromatic carbocycles. The Morgan fingerprint density at radius 2 is 1.97 bits per heavy atom. The molecule has 2 heterocycles. The molecule has 31 heavy (non-hydrogen) atoms. The number of nitrogens with zero attached hydrogens (tertiary/aromatic N) is 2. The maximum absolute atomic E-state index is 12.6. The van der Waals surface area contributed by atoms with Crippen molar-refractivity contribution in [3.63, 3.8) is 0 Å². The first kappa shape index (κ1) is 20.8. The monoisotopic (exact) mass is 420 g/mol. The Balaban J connectivity index is 1.37. The maximum atomic E-state index is 12.6. The largest absolute Gasteiger partial charge is 0.497 e. The van der Waals surface area contributed by atoms with Gasteiger partial charge in [0.05, 0.1) is 26.3 Å². The second-order valence-electron chi connectivity index (χ2n) is 7.71. The number of ether oxygens (including phenoxy) is 2. The van der Waals surface area contributed by atoms with Gasteiger partial charge in [0, 0.05) is 30.8 Å². The van der Waals surface area contributed by atoms with E-state index in [1.54, 1.807) is 14.2 Å². The first-order chi connectivity index (χ1) is 15.2. The van der Waals surface area contributed by atoms with Crippen molar-refractivity contribution in [3.8, 4) is 22.8 Å². The van der Waals surface area contributed by atoms with E-state index in [0.717, 1.165) is 60.1 Å². The highest BCUT2D eigenvalue weighted by molar-refractivity contribution is 5.79. The molecule has 1 atom stereocenters. The van der Waals surface area contributed by atoms with Crippen LogP contribution in [0.5, 0.6) is 11.5 Å². The molecule has 1 saturated heterocycles.